The van der Waals surface area contributed by atoms with Crippen LogP contribution in [0.25, 0.3) is 0 Å². The fourth-order valence-corrected chi connectivity index (χ4v) is 0.813. The van der Waals surface area contributed by atoms with Crippen molar-refractivity contribution in [1.29, 1.82) is 0 Å². The summed E-state index contributed by atoms with van der Waals surface area (Å²) in [4.78, 5) is 24.7. The molecule has 0 amide bonds. The first kappa shape index (κ1) is 9.14. The van der Waals surface area contributed by atoms with Gasteiger partial charge in [-0.25, -0.2) is 4.79 Å². The van der Waals surface area contributed by atoms with Crippen molar-refractivity contribution in [2.75, 3.05) is 0 Å². The Hall–Kier alpha value is -1.95. The van der Waals surface area contributed by atoms with E-state index in [1.807, 2.05) is 0 Å². The summed E-state index contributed by atoms with van der Waals surface area (Å²) in [7, 11) is 0. The maximum absolute atomic E-state index is 10.8. The first-order valence-corrected chi connectivity index (χ1v) is 3.26. The van der Waals surface area contributed by atoms with E-state index in [4.69, 9.17) is 5.11 Å². The smallest absolute Gasteiger partial charge is 0.360 e. The Morgan fingerprint density at radius 3 is 2.69 bits per heavy atom. The molecule has 0 fully saturated rings. The second-order valence-corrected chi connectivity index (χ2v) is 2.20. The summed E-state index contributed by atoms with van der Waals surface area (Å²) in [6.07, 6.45) is 0. The average Bonchev–Trinajstić information content (AvgIpc) is 2.16. The van der Waals surface area contributed by atoms with Gasteiger partial charge in [0.25, 0.3) is 0 Å². The highest BCUT2D eigenvalue weighted by molar-refractivity contribution is 5.92. The molecule has 0 aliphatic carbocycles. The maximum Gasteiger partial charge on any atom is 0.360 e. The van der Waals surface area contributed by atoms with Crippen LogP contribution in [0.2, 0.25) is 0 Å². The lowest BCUT2D eigenvalue weighted by molar-refractivity contribution is 0.0500. The SMILES string of the molecule is NOC(=O)c1ccc(N=O)cc1O. The van der Waals surface area contributed by atoms with Crippen molar-refractivity contribution in [3.05, 3.63) is 28.7 Å². The summed E-state index contributed by atoms with van der Waals surface area (Å²) in [6.45, 7) is 0. The molecule has 68 valence electrons. The van der Waals surface area contributed by atoms with Crippen LogP contribution in [0.15, 0.2) is 23.4 Å². The van der Waals surface area contributed by atoms with E-state index in [9.17, 15) is 9.70 Å². The Kier molecular flexibility index (Phi) is 2.56. The molecule has 0 atom stereocenters. The van der Waals surface area contributed by atoms with Crippen molar-refractivity contribution in [2.45, 2.75) is 0 Å². The minimum atomic E-state index is -0.880. The number of carbonyl (C=O) groups is 1. The van der Waals surface area contributed by atoms with E-state index in [0.717, 1.165) is 6.07 Å². The van der Waals surface area contributed by atoms with Crippen molar-refractivity contribution in [3.8, 4) is 5.75 Å². The fourth-order valence-electron chi connectivity index (χ4n) is 0.813. The fraction of sp³-hybridized carbons (Fsp3) is 0. The largest absolute Gasteiger partial charge is 0.507 e. The average molecular weight is 182 g/mol. The molecule has 6 heteroatoms. The number of hydrogen-bond donors (Lipinski definition) is 2. The quantitative estimate of drug-likeness (QED) is 0.520. The van der Waals surface area contributed by atoms with Crippen LogP contribution in [0.1, 0.15) is 10.4 Å². The highest BCUT2D eigenvalue weighted by Gasteiger charge is 2.11. The minimum absolute atomic E-state index is 0.0195. The second kappa shape index (κ2) is 3.63. The number of rotatable bonds is 2. The summed E-state index contributed by atoms with van der Waals surface area (Å²) in [5, 5.41) is 11.7. The monoisotopic (exact) mass is 182 g/mol. The van der Waals surface area contributed by atoms with Gasteiger partial charge in [0.05, 0.1) is 0 Å². The summed E-state index contributed by atoms with van der Waals surface area (Å²) in [6, 6.07) is 3.50. The first-order valence-electron chi connectivity index (χ1n) is 3.26. The standard InChI is InChI=1S/C7H6N2O4/c8-13-7(11)5-2-1-4(9-12)3-6(5)10/h1-3,10H,8H2. The molecule has 1 aromatic rings. The van der Waals surface area contributed by atoms with Crippen molar-refractivity contribution >= 4 is 11.7 Å². The number of carbonyl (C=O) groups excluding carboxylic acids is 1. The zero-order chi connectivity index (χ0) is 9.84. The lowest BCUT2D eigenvalue weighted by Gasteiger charge is -2.00. The van der Waals surface area contributed by atoms with Gasteiger partial charge in [0.1, 0.15) is 17.0 Å². The molecule has 0 aliphatic rings. The van der Waals surface area contributed by atoms with Gasteiger partial charge in [-0.1, -0.05) is 0 Å². The summed E-state index contributed by atoms with van der Waals surface area (Å²) < 4.78 is 0. The molecule has 0 bridgehead atoms. The van der Waals surface area contributed by atoms with Gasteiger partial charge >= 0.3 is 5.97 Å². The molecule has 0 saturated carbocycles. The number of phenolic OH excluding ortho intramolecular Hbond substituents is 1. The van der Waals surface area contributed by atoms with Crippen molar-refractivity contribution < 1.29 is 14.7 Å². The van der Waals surface area contributed by atoms with E-state index in [-0.39, 0.29) is 11.3 Å². The van der Waals surface area contributed by atoms with Crippen LogP contribution in [0.3, 0.4) is 0 Å². The second-order valence-electron chi connectivity index (χ2n) is 2.20. The zero-order valence-corrected chi connectivity index (χ0v) is 6.43. The first-order chi connectivity index (χ1) is 6.19. The van der Waals surface area contributed by atoms with Gasteiger partial charge < -0.3 is 9.94 Å². The summed E-state index contributed by atoms with van der Waals surface area (Å²) in [5.41, 5.74) is -0.0963. The predicted molar refractivity (Wildman–Crippen MR) is 43.2 cm³/mol. The molecule has 0 aromatic heterocycles. The molecule has 1 rings (SSSR count). The van der Waals surface area contributed by atoms with E-state index in [2.05, 4.69) is 15.9 Å². The van der Waals surface area contributed by atoms with Crippen molar-refractivity contribution in [1.82, 2.24) is 0 Å². The van der Waals surface area contributed by atoms with Crippen LogP contribution >= 0.6 is 0 Å². The number of hydrogen-bond acceptors (Lipinski definition) is 6. The van der Waals surface area contributed by atoms with Crippen LogP contribution in [0, 0.1) is 4.91 Å². The molecular formula is C7H6N2O4. The van der Waals surface area contributed by atoms with Crippen LogP contribution in [-0.2, 0) is 4.84 Å². The van der Waals surface area contributed by atoms with E-state index in [1.54, 1.807) is 0 Å². The zero-order valence-electron chi connectivity index (χ0n) is 6.43. The molecule has 1 aromatic carbocycles. The Bertz CT molecular complexity index is 350. The van der Waals surface area contributed by atoms with Gasteiger partial charge in [-0.3, -0.25) is 0 Å². The number of aromatic hydroxyl groups is 1. The van der Waals surface area contributed by atoms with Gasteiger partial charge in [0, 0.05) is 6.07 Å². The summed E-state index contributed by atoms with van der Waals surface area (Å²) >= 11 is 0. The number of benzene rings is 1. The lowest BCUT2D eigenvalue weighted by atomic mass is 10.2. The van der Waals surface area contributed by atoms with E-state index >= 15 is 0 Å². The molecule has 6 nitrogen and oxygen atoms in total. The van der Waals surface area contributed by atoms with Crippen molar-refractivity contribution in [3.63, 3.8) is 0 Å². The van der Waals surface area contributed by atoms with E-state index in [0.29, 0.717) is 0 Å². The van der Waals surface area contributed by atoms with Crippen LogP contribution < -0.4 is 5.90 Å². The number of nitrogens with two attached hydrogens (primary N) is 1. The Labute approximate surface area is 72.9 Å². The maximum atomic E-state index is 10.8. The topological polar surface area (TPSA) is 102 Å². The molecule has 0 heterocycles. The van der Waals surface area contributed by atoms with Gasteiger partial charge in [0.2, 0.25) is 0 Å². The third kappa shape index (κ3) is 1.79. The molecule has 0 saturated heterocycles. The van der Waals surface area contributed by atoms with Gasteiger partial charge in [0.15, 0.2) is 0 Å². The molecule has 0 radical (unpaired) electrons. The van der Waals surface area contributed by atoms with Gasteiger partial charge in [-0.15, -0.1) is 4.91 Å². The van der Waals surface area contributed by atoms with Crippen LogP contribution in [0.4, 0.5) is 5.69 Å². The molecule has 3 N–H and O–H groups in total. The third-order valence-electron chi connectivity index (χ3n) is 1.41. The van der Waals surface area contributed by atoms with E-state index in [1.165, 1.54) is 12.1 Å². The number of nitrogens with zero attached hydrogens (tertiary/aromatic N) is 1. The highest BCUT2D eigenvalue weighted by atomic mass is 16.7. The van der Waals surface area contributed by atoms with E-state index < -0.39 is 11.7 Å². The van der Waals surface area contributed by atoms with Crippen molar-refractivity contribution in [2.24, 2.45) is 11.1 Å². The number of phenols is 1. The minimum Gasteiger partial charge on any atom is -0.507 e. The Balaban J connectivity index is 3.12. The lowest BCUT2D eigenvalue weighted by Crippen LogP contribution is -2.09. The highest BCUT2D eigenvalue weighted by Crippen LogP contribution is 2.23. The normalized spacial score (nSPS) is 9.31. The Morgan fingerprint density at radius 2 is 2.23 bits per heavy atom. The van der Waals surface area contributed by atoms with Gasteiger partial charge in [-0.05, 0) is 17.3 Å². The molecule has 0 spiro atoms. The van der Waals surface area contributed by atoms with Crippen LogP contribution in [0.5, 0.6) is 5.75 Å². The summed E-state index contributed by atoms with van der Waals surface area (Å²) in [5.74, 6) is 3.32. The molecule has 13 heavy (non-hydrogen) atoms. The van der Waals surface area contributed by atoms with Crippen LogP contribution in [-0.4, -0.2) is 11.1 Å². The Morgan fingerprint density at radius 1 is 1.54 bits per heavy atom. The predicted octanol–water partition coefficient (Wildman–Crippen LogP) is 0.821. The number of nitroso groups, excluding NO2 is 1. The molecule has 0 unspecified atom stereocenters. The molecular weight excluding hydrogens is 176 g/mol. The third-order valence-corrected chi connectivity index (χ3v) is 1.41. The van der Waals surface area contributed by atoms with Gasteiger partial charge in [-0.2, -0.15) is 5.90 Å². The molecule has 0 aliphatic heterocycles.